The Hall–Kier alpha value is -1.86. The van der Waals surface area contributed by atoms with Crippen LogP contribution < -0.4 is 5.32 Å². The molecule has 0 radical (unpaired) electrons. The second-order valence-corrected chi connectivity index (χ2v) is 28.5. The molecule has 0 saturated carbocycles. The average molecular weight is 1300 g/mol. The maximum atomic E-state index is 13.1. The van der Waals surface area contributed by atoms with Gasteiger partial charge in [0.1, 0.15) is 24.4 Å². The number of unbranched alkanes of at least 4 members (excludes halogenated alkanes) is 57. The predicted octanol–water partition coefficient (Wildman–Crippen LogP) is 21.9. The summed E-state index contributed by atoms with van der Waals surface area (Å²) < 4.78 is 16.8. The number of carbonyl (C=O) groups is 2. The number of esters is 1. The van der Waals surface area contributed by atoms with E-state index in [-0.39, 0.29) is 18.5 Å². The predicted molar refractivity (Wildman–Crippen MR) is 389 cm³/mol. The summed E-state index contributed by atoms with van der Waals surface area (Å²) >= 11 is 0. The standard InChI is InChI=1S/C81H155NO10/c1-3-5-7-9-11-13-15-16-44-48-51-55-59-63-67-74(84)73(72-91-81-80(89)79(88)78(87)75(71-83)92-81)82-76(85)68-64-60-56-52-49-45-42-40-38-36-34-32-30-28-26-24-22-20-18-17-19-21-23-25-27-29-31-33-35-37-39-41-43-46-50-54-58-62-66-70-90-77(86)69-65-61-57-53-47-14-12-10-8-6-4-2/h17-18,63,67,73-75,78-81,83-84,87-89H,3-16,19-62,64-66,68-72H2,1-2H3,(H,82,85)/b18-17-,67-63+. The Kier molecular flexibility index (Phi) is 67.5. The van der Waals surface area contributed by atoms with Crippen LogP contribution in [0.2, 0.25) is 0 Å². The summed E-state index contributed by atoms with van der Waals surface area (Å²) in [6, 6.07) is -0.806. The first kappa shape index (κ1) is 88.2. The highest BCUT2D eigenvalue weighted by molar-refractivity contribution is 5.76. The largest absolute Gasteiger partial charge is 0.466 e. The van der Waals surface area contributed by atoms with Crippen LogP contribution in [-0.2, 0) is 23.8 Å². The van der Waals surface area contributed by atoms with Crippen LogP contribution in [0.1, 0.15) is 418 Å². The third-order valence-electron chi connectivity index (χ3n) is 19.6. The monoisotopic (exact) mass is 1300 g/mol. The first-order valence-corrected chi connectivity index (χ1v) is 40.6. The quantitative estimate of drug-likeness (QED) is 0.0195. The Labute approximate surface area is 569 Å². The van der Waals surface area contributed by atoms with E-state index in [0.717, 1.165) is 51.4 Å². The van der Waals surface area contributed by atoms with Crippen molar-refractivity contribution in [1.29, 1.82) is 0 Å². The Morgan fingerprint density at radius 3 is 1.04 bits per heavy atom. The number of carbonyl (C=O) groups excluding carboxylic acids is 2. The van der Waals surface area contributed by atoms with Crippen LogP contribution in [0.4, 0.5) is 0 Å². The molecule has 7 unspecified atom stereocenters. The van der Waals surface area contributed by atoms with Gasteiger partial charge in [-0.3, -0.25) is 9.59 Å². The number of aliphatic hydroxyl groups is 5. The lowest BCUT2D eigenvalue weighted by Gasteiger charge is -2.40. The van der Waals surface area contributed by atoms with Gasteiger partial charge in [-0.1, -0.05) is 372 Å². The molecule has 1 saturated heterocycles. The Balaban J connectivity index is 1.90. The molecule has 92 heavy (non-hydrogen) atoms. The van der Waals surface area contributed by atoms with Crippen LogP contribution in [0.5, 0.6) is 0 Å². The maximum Gasteiger partial charge on any atom is 0.305 e. The van der Waals surface area contributed by atoms with E-state index in [0.29, 0.717) is 19.4 Å². The van der Waals surface area contributed by atoms with E-state index in [1.54, 1.807) is 6.08 Å². The number of amides is 1. The molecule has 0 aromatic heterocycles. The lowest BCUT2D eigenvalue weighted by atomic mass is 9.99. The van der Waals surface area contributed by atoms with Gasteiger partial charge in [0.05, 0.1) is 32.0 Å². The topological polar surface area (TPSA) is 175 Å². The molecule has 1 amide bonds. The molecule has 11 nitrogen and oxygen atoms in total. The number of allylic oxidation sites excluding steroid dienone is 3. The molecule has 544 valence electrons. The molecule has 0 aromatic carbocycles. The van der Waals surface area contributed by atoms with E-state index in [2.05, 4.69) is 31.3 Å². The van der Waals surface area contributed by atoms with Gasteiger partial charge in [-0.2, -0.15) is 0 Å². The smallest absolute Gasteiger partial charge is 0.305 e. The van der Waals surface area contributed by atoms with Crippen molar-refractivity contribution in [3.05, 3.63) is 24.3 Å². The van der Waals surface area contributed by atoms with Crippen molar-refractivity contribution in [3.63, 3.8) is 0 Å². The SMILES string of the molecule is CCCCCCCCCCCCCC/C=C/C(O)C(COC1OC(CO)C(O)C(O)C1O)NC(=O)CCCCCCCCCCCCCCCCCCC/C=C\CCCCCCCCCCCCCCCCCCCCOC(=O)CCCCCCCCCCCCC. The molecule has 1 aliphatic heterocycles. The maximum absolute atomic E-state index is 13.1. The molecule has 11 heteroatoms. The number of nitrogens with one attached hydrogen (secondary N) is 1. The summed E-state index contributed by atoms with van der Waals surface area (Å²) in [7, 11) is 0. The molecule has 0 aliphatic carbocycles. The van der Waals surface area contributed by atoms with Gasteiger partial charge in [-0.05, 0) is 57.8 Å². The van der Waals surface area contributed by atoms with E-state index in [4.69, 9.17) is 14.2 Å². The molecule has 0 bridgehead atoms. The summed E-state index contributed by atoms with van der Waals surface area (Å²) in [5.74, 6) is -0.157. The van der Waals surface area contributed by atoms with Gasteiger partial charge in [0.2, 0.25) is 5.91 Å². The fourth-order valence-corrected chi connectivity index (χ4v) is 13.2. The van der Waals surface area contributed by atoms with E-state index in [1.165, 1.54) is 340 Å². The van der Waals surface area contributed by atoms with Gasteiger partial charge >= 0.3 is 5.97 Å². The van der Waals surface area contributed by atoms with Crippen molar-refractivity contribution in [1.82, 2.24) is 5.32 Å². The molecule has 1 fully saturated rings. The number of rotatable bonds is 73. The highest BCUT2D eigenvalue weighted by Crippen LogP contribution is 2.24. The van der Waals surface area contributed by atoms with Crippen LogP contribution in [0.3, 0.4) is 0 Å². The fraction of sp³-hybridized carbons (Fsp3) is 0.926. The van der Waals surface area contributed by atoms with E-state index < -0.39 is 49.5 Å². The Bertz CT molecular complexity index is 1580. The summed E-state index contributed by atoms with van der Waals surface area (Å²) in [6.45, 7) is 4.40. The number of ether oxygens (including phenoxy) is 3. The zero-order valence-electron chi connectivity index (χ0n) is 60.8. The molecule has 1 rings (SSSR count). The second kappa shape index (κ2) is 70.5. The summed E-state index contributed by atoms with van der Waals surface area (Å²) in [5, 5.41) is 54.6. The van der Waals surface area contributed by atoms with Gasteiger partial charge in [0, 0.05) is 12.8 Å². The van der Waals surface area contributed by atoms with Gasteiger partial charge in [0.15, 0.2) is 6.29 Å². The van der Waals surface area contributed by atoms with Crippen LogP contribution in [-0.4, -0.2) is 100 Å². The van der Waals surface area contributed by atoms with Crippen molar-refractivity contribution in [2.24, 2.45) is 0 Å². The van der Waals surface area contributed by atoms with Crippen LogP contribution >= 0.6 is 0 Å². The first-order valence-electron chi connectivity index (χ1n) is 40.6. The molecule has 0 spiro atoms. The van der Waals surface area contributed by atoms with Gasteiger partial charge in [-0.15, -0.1) is 0 Å². The molecule has 7 atom stereocenters. The Morgan fingerprint density at radius 1 is 0.391 bits per heavy atom. The van der Waals surface area contributed by atoms with Crippen molar-refractivity contribution in [2.75, 3.05) is 19.8 Å². The van der Waals surface area contributed by atoms with Crippen molar-refractivity contribution >= 4 is 11.9 Å². The number of hydrogen-bond acceptors (Lipinski definition) is 10. The number of aliphatic hydroxyl groups excluding tert-OH is 5. The zero-order valence-corrected chi connectivity index (χ0v) is 60.8. The minimum absolute atomic E-state index is 0.0172. The molecular weight excluding hydrogens is 1150 g/mol. The van der Waals surface area contributed by atoms with Crippen LogP contribution in [0.15, 0.2) is 24.3 Å². The van der Waals surface area contributed by atoms with Crippen molar-refractivity contribution in [2.45, 2.75) is 461 Å². The van der Waals surface area contributed by atoms with E-state index >= 15 is 0 Å². The average Bonchev–Trinajstić information content (AvgIpc) is 1.10. The van der Waals surface area contributed by atoms with Crippen molar-refractivity contribution < 1.29 is 49.3 Å². The summed E-state index contributed by atoms with van der Waals surface area (Å²) in [4.78, 5) is 25.1. The van der Waals surface area contributed by atoms with Crippen molar-refractivity contribution in [3.8, 4) is 0 Å². The van der Waals surface area contributed by atoms with E-state index in [9.17, 15) is 35.1 Å². The molecule has 1 aliphatic rings. The van der Waals surface area contributed by atoms with Gasteiger partial charge in [0.25, 0.3) is 0 Å². The van der Waals surface area contributed by atoms with E-state index in [1.807, 2.05) is 6.08 Å². The minimum atomic E-state index is -1.57. The molecule has 0 aromatic rings. The van der Waals surface area contributed by atoms with Gasteiger partial charge < -0.3 is 45.1 Å². The second-order valence-electron chi connectivity index (χ2n) is 28.5. The Morgan fingerprint density at radius 2 is 0.696 bits per heavy atom. The normalized spacial score (nSPS) is 17.6. The summed E-state index contributed by atoms with van der Waals surface area (Å²) in [5.41, 5.74) is 0. The lowest BCUT2D eigenvalue weighted by molar-refractivity contribution is -0.302. The zero-order chi connectivity index (χ0) is 66.5. The fourth-order valence-electron chi connectivity index (χ4n) is 13.2. The van der Waals surface area contributed by atoms with Gasteiger partial charge in [-0.25, -0.2) is 0 Å². The molecular formula is C81H155NO10. The molecule has 1 heterocycles. The third kappa shape index (κ3) is 58.3. The third-order valence-corrected chi connectivity index (χ3v) is 19.6. The van der Waals surface area contributed by atoms with Crippen LogP contribution in [0.25, 0.3) is 0 Å². The lowest BCUT2D eigenvalue weighted by Crippen LogP contribution is -2.60. The van der Waals surface area contributed by atoms with Crippen LogP contribution in [0, 0.1) is 0 Å². The minimum Gasteiger partial charge on any atom is -0.466 e. The number of hydrogen-bond donors (Lipinski definition) is 6. The first-order chi connectivity index (χ1) is 45.2. The molecule has 6 N–H and O–H groups in total. The summed E-state index contributed by atoms with van der Waals surface area (Å²) in [6.07, 6.45) is 80.7. The highest BCUT2D eigenvalue weighted by atomic mass is 16.7. The highest BCUT2D eigenvalue weighted by Gasteiger charge is 2.44.